The Morgan fingerprint density at radius 3 is 2.71 bits per heavy atom. The summed E-state index contributed by atoms with van der Waals surface area (Å²) in [5, 5.41) is 5.25. The molecule has 1 aliphatic rings. The van der Waals surface area contributed by atoms with Crippen molar-refractivity contribution in [2.45, 2.75) is 46.1 Å². The minimum atomic E-state index is 0.231. The Balaban J connectivity index is 2.28. The van der Waals surface area contributed by atoms with Crippen LogP contribution in [-0.4, -0.2) is 15.6 Å². The van der Waals surface area contributed by atoms with Crippen molar-refractivity contribution >= 4 is 17.4 Å². The van der Waals surface area contributed by atoms with Crippen LogP contribution in [0.25, 0.3) is 0 Å². The minimum absolute atomic E-state index is 0.231. The third-order valence-electron chi connectivity index (χ3n) is 3.15. The Labute approximate surface area is 106 Å². The van der Waals surface area contributed by atoms with Gasteiger partial charge in [0.15, 0.2) is 5.78 Å². The van der Waals surface area contributed by atoms with Crippen LogP contribution in [0.4, 0.5) is 0 Å². The second-order valence-corrected chi connectivity index (χ2v) is 4.70. The molecule has 0 bridgehead atoms. The van der Waals surface area contributed by atoms with Gasteiger partial charge in [0.05, 0.1) is 16.4 Å². The molecule has 0 aliphatic heterocycles. The molecule has 0 saturated carbocycles. The van der Waals surface area contributed by atoms with Crippen molar-refractivity contribution in [3.8, 4) is 0 Å². The molecule has 0 fully saturated rings. The van der Waals surface area contributed by atoms with Crippen LogP contribution in [-0.2, 0) is 24.2 Å². The quantitative estimate of drug-likeness (QED) is 0.826. The summed E-state index contributed by atoms with van der Waals surface area (Å²) in [7, 11) is 0. The number of carbonyl (C=O) groups is 1. The van der Waals surface area contributed by atoms with Crippen LogP contribution in [0.15, 0.2) is 11.6 Å². The summed E-state index contributed by atoms with van der Waals surface area (Å²) in [6, 6.07) is 0. The van der Waals surface area contributed by atoms with Crippen LogP contribution >= 0.6 is 11.6 Å². The number of ketones is 1. The SMILES string of the molecule is CCc1nn(CC)c(CC2=CC(=O)CC2)c1Cl. The highest BCUT2D eigenvalue weighted by molar-refractivity contribution is 6.31. The van der Waals surface area contributed by atoms with Crippen LogP contribution in [0.5, 0.6) is 0 Å². The van der Waals surface area contributed by atoms with Gasteiger partial charge in [0.1, 0.15) is 0 Å². The average Bonchev–Trinajstić information content (AvgIpc) is 2.85. The fourth-order valence-corrected chi connectivity index (χ4v) is 2.53. The molecule has 0 saturated heterocycles. The lowest BCUT2D eigenvalue weighted by Gasteiger charge is -2.05. The van der Waals surface area contributed by atoms with E-state index in [1.54, 1.807) is 6.08 Å². The van der Waals surface area contributed by atoms with Gasteiger partial charge in [0.2, 0.25) is 0 Å². The molecule has 4 heteroatoms. The van der Waals surface area contributed by atoms with Gasteiger partial charge in [-0.2, -0.15) is 5.10 Å². The van der Waals surface area contributed by atoms with E-state index >= 15 is 0 Å². The first-order valence-corrected chi connectivity index (χ1v) is 6.49. The van der Waals surface area contributed by atoms with Crippen LogP contribution in [0.3, 0.4) is 0 Å². The van der Waals surface area contributed by atoms with Gasteiger partial charge in [-0.15, -0.1) is 0 Å². The molecule has 0 aromatic carbocycles. The first-order valence-electron chi connectivity index (χ1n) is 6.12. The second-order valence-electron chi connectivity index (χ2n) is 4.32. The van der Waals surface area contributed by atoms with Gasteiger partial charge < -0.3 is 0 Å². The van der Waals surface area contributed by atoms with Crippen molar-refractivity contribution in [3.63, 3.8) is 0 Å². The normalized spacial score (nSPS) is 15.5. The highest BCUT2D eigenvalue weighted by atomic mass is 35.5. The average molecular weight is 253 g/mol. The molecule has 0 spiro atoms. The molecular formula is C13H17ClN2O. The van der Waals surface area contributed by atoms with E-state index in [2.05, 4.69) is 18.9 Å². The Bertz CT molecular complexity index is 474. The molecule has 0 unspecified atom stereocenters. The van der Waals surface area contributed by atoms with E-state index in [9.17, 15) is 4.79 Å². The van der Waals surface area contributed by atoms with Gasteiger partial charge in [0, 0.05) is 19.4 Å². The first-order chi connectivity index (χ1) is 8.15. The lowest BCUT2D eigenvalue weighted by Crippen LogP contribution is -2.03. The van der Waals surface area contributed by atoms with Crippen LogP contribution < -0.4 is 0 Å². The molecule has 2 rings (SSSR count). The van der Waals surface area contributed by atoms with Crippen molar-refractivity contribution in [1.29, 1.82) is 0 Å². The third kappa shape index (κ3) is 2.44. The molecule has 1 aromatic rings. The molecule has 17 heavy (non-hydrogen) atoms. The molecule has 0 amide bonds. The molecular weight excluding hydrogens is 236 g/mol. The topological polar surface area (TPSA) is 34.9 Å². The zero-order chi connectivity index (χ0) is 12.4. The molecule has 3 nitrogen and oxygen atoms in total. The van der Waals surface area contributed by atoms with Gasteiger partial charge in [-0.25, -0.2) is 0 Å². The van der Waals surface area contributed by atoms with Crippen molar-refractivity contribution in [2.24, 2.45) is 0 Å². The van der Waals surface area contributed by atoms with Crippen molar-refractivity contribution < 1.29 is 4.79 Å². The lowest BCUT2D eigenvalue weighted by molar-refractivity contribution is -0.114. The van der Waals surface area contributed by atoms with E-state index in [0.717, 1.165) is 42.2 Å². The predicted molar refractivity (Wildman–Crippen MR) is 68.3 cm³/mol. The Morgan fingerprint density at radius 2 is 2.18 bits per heavy atom. The van der Waals surface area contributed by atoms with Gasteiger partial charge >= 0.3 is 0 Å². The fraction of sp³-hybridized carbons (Fsp3) is 0.538. The highest BCUT2D eigenvalue weighted by Crippen LogP contribution is 2.27. The summed E-state index contributed by atoms with van der Waals surface area (Å²) in [5.74, 6) is 0.231. The number of hydrogen-bond acceptors (Lipinski definition) is 2. The summed E-state index contributed by atoms with van der Waals surface area (Å²) in [6.07, 6.45) is 4.87. The summed E-state index contributed by atoms with van der Waals surface area (Å²) in [6.45, 7) is 4.92. The lowest BCUT2D eigenvalue weighted by atomic mass is 10.1. The maximum atomic E-state index is 11.2. The Morgan fingerprint density at radius 1 is 1.41 bits per heavy atom. The maximum absolute atomic E-state index is 11.2. The van der Waals surface area contributed by atoms with Crippen molar-refractivity contribution in [3.05, 3.63) is 28.1 Å². The largest absolute Gasteiger partial charge is 0.295 e. The predicted octanol–water partition coefficient (Wildman–Crippen LogP) is 2.95. The van der Waals surface area contributed by atoms with E-state index < -0.39 is 0 Å². The monoisotopic (exact) mass is 252 g/mol. The molecule has 92 valence electrons. The van der Waals surface area contributed by atoms with Crippen LogP contribution in [0.1, 0.15) is 38.1 Å². The van der Waals surface area contributed by atoms with E-state index in [0.29, 0.717) is 6.42 Å². The minimum Gasteiger partial charge on any atom is -0.295 e. The molecule has 0 N–H and O–H groups in total. The molecule has 1 heterocycles. The van der Waals surface area contributed by atoms with E-state index in [4.69, 9.17) is 11.6 Å². The molecule has 1 aromatic heterocycles. The summed E-state index contributed by atoms with van der Waals surface area (Å²) in [4.78, 5) is 11.2. The second kappa shape index (κ2) is 5.05. The van der Waals surface area contributed by atoms with Crippen LogP contribution in [0.2, 0.25) is 5.02 Å². The summed E-state index contributed by atoms with van der Waals surface area (Å²) < 4.78 is 1.95. The Hall–Kier alpha value is -1.09. The van der Waals surface area contributed by atoms with Gasteiger partial charge in [-0.05, 0) is 25.8 Å². The Kier molecular flexibility index (Phi) is 3.67. The molecule has 0 atom stereocenters. The number of nitrogens with zero attached hydrogens (tertiary/aromatic N) is 2. The number of halogens is 1. The van der Waals surface area contributed by atoms with E-state index in [1.165, 1.54) is 5.57 Å². The first kappa shape index (κ1) is 12.4. The number of hydrogen-bond donors (Lipinski definition) is 0. The fourth-order valence-electron chi connectivity index (χ4n) is 2.20. The number of allylic oxidation sites excluding steroid dienone is 2. The summed E-state index contributed by atoms with van der Waals surface area (Å²) in [5.41, 5.74) is 3.18. The number of aryl methyl sites for hydroxylation is 2. The zero-order valence-corrected chi connectivity index (χ0v) is 11.0. The maximum Gasteiger partial charge on any atom is 0.155 e. The van der Waals surface area contributed by atoms with Crippen molar-refractivity contribution in [2.75, 3.05) is 0 Å². The number of carbonyl (C=O) groups excluding carboxylic acids is 1. The number of aromatic nitrogens is 2. The molecule has 1 aliphatic carbocycles. The molecule has 0 radical (unpaired) electrons. The van der Waals surface area contributed by atoms with Crippen molar-refractivity contribution in [1.82, 2.24) is 9.78 Å². The standard InChI is InChI=1S/C13H17ClN2O/c1-3-11-13(14)12(16(4-2)15-11)8-9-5-6-10(17)7-9/h7H,3-6,8H2,1-2H3. The van der Waals surface area contributed by atoms with E-state index in [-0.39, 0.29) is 5.78 Å². The number of rotatable bonds is 4. The zero-order valence-electron chi connectivity index (χ0n) is 10.3. The summed E-state index contributed by atoms with van der Waals surface area (Å²) >= 11 is 6.33. The van der Waals surface area contributed by atoms with Crippen LogP contribution in [0, 0.1) is 0 Å². The van der Waals surface area contributed by atoms with Gasteiger partial charge in [-0.1, -0.05) is 24.1 Å². The highest BCUT2D eigenvalue weighted by Gasteiger charge is 2.18. The van der Waals surface area contributed by atoms with E-state index in [1.807, 2.05) is 4.68 Å². The van der Waals surface area contributed by atoms with Gasteiger partial charge in [-0.3, -0.25) is 9.48 Å². The third-order valence-corrected chi connectivity index (χ3v) is 3.58. The van der Waals surface area contributed by atoms with Gasteiger partial charge in [0.25, 0.3) is 0 Å². The smallest absolute Gasteiger partial charge is 0.155 e.